The second-order valence-corrected chi connectivity index (χ2v) is 7.13. The molecule has 0 unspecified atom stereocenters. The lowest BCUT2D eigenvalue weighted by Gasteiger charge is -2.09. The molecule has 0 aromatic heterocycles. The van der Waals surface area contributed by atoms with E-state index in [0.29, 0.717) is 0 Å². The maximum absolute atomic E-state index is 2.33. The minimum atomic E-state index is -1.06. The van der Waals surface area contributed by atoms with Gasteiger partial charge >= 0.3 is 0 Å². The fraction of sp³-hybridized carbons (Fsp3) is 0.500. The molecule has 0 spiro atoms. The summed E-state index contributed by atoms with van der Waals surface area (Å²) in [5, 5.41) is 0. The molecule has 0 atom stereocenters. The Morgan fingerprint density at radius 1 is 0.889 bits per heavy atom. The van der Waals surface area contributed by atoms with E-state index in [1.807, 2.05) is 0 Å². The van der Waals surface area contributed by atoms with Gasteiger partial charge in [-0.25, -0.2) is 0 Å². The van der Waals surface area contributed by atoms with Crippen LogP contribution in [0.4, 0.5) is 0 Å². The molecule has 0 nitrogen and oxygen atoms in total. The van der Waals surface area contributed by atoms with Gasteiger partial charge in [-0.05, 0) is 13.8 Å². The van der Waals surface area contributed by atoms with Crippen LogP contribution in [0.15, 0.2) is 23.6 Å². The van der Waals surface area contributed by atoms with Crippen molar-refractivity contribution in [3.05, 3.63) is 23.6 Å². The largest absolute Gasteiger partial charge is 0.0952 e. The lowest BCUT2D eigenvalue weighted by atomic mass is 10.8. The van der Waals surface area contributed by atoms with Crippen molar-refractivity contribution in [3.8, 4) is 0 Å². The van der Waals surface area contributed by atoms with Crippen LogP contribution in [0.3, 0.4) is 0 Å². The van der Waals surface area contributed by atoms with Crippen LogP contribution in [0.5, 0.6) is 0 Å². The number of hydrogen-bond acceptors (Lipinski definition) is 0. The van der Waals surface area contributed by atoms with E-state index in [-0.39, 0.29) is 0 Å². The van der Waals surface area contributed by atoms with Gasteiger partial charge in [-0.1, -0.05) is 36.6 Å². The van der Waals surface area contributed by atoms with Crippen molar-refractivity contribution in [2.45, 2.75) is 26.9 Å². The Kier molecular flexibility index (Phi) is 3.55. The quantitative estimate of drug-likeness (QED) is 0.517. The van der Waals surface area contributed by atoms with Crippen LogP contribution >= 0.6 is 0 Å². The second kappa shape index (κ2) is 3.67. The number of rotatable bonds is 2. The first-order chi connectivity index (χ1) is 4.12. The molecule has 0 N–H and O–H groups in total. The monoisotopic (exact) mass is 140 g/mol. The smallest absolute Gasteiger partial charge is 0.0947 e. The normalized spacial score (nSPS) is 13.8. The van der Waals surface area contributed by atoms with Crippen molar-refractivity contribution < 1.29 is 0 Å². The van der Waals surface area contributed by atoms with E-state index in [2.05, 4.69) is 50.5 Å². The fourth-order valence-corrected chi connectivity index (χ4v) is 2.74. The van der Waals surface area contributed by atoms with Crippen LogP contribution in [0.25, 0.3) is 0 Å². The van der Waals surface area contributed by atoms with Gasteiger partial charge in [0.2, 0.25) is 0 Å². The van der Waals surface area contributed by atoms with Crippen LogP contribution in [-0.4, -0.2) is 8.07 Å². The summed E-state index contributed by atoms with van der Waals surface area (Å²) in [4.78, 5) is 0. The average molecular weight is 140 g/mol. The van der Waals surface area contributed by atoms with Gasteiger partial charge in [0.1, 0.15) is 0 Å². The standard InChI is InChI=1S/C8H16Si/c1-5-7-9(3,4)8-6-2/h5-8H,1-4H3/b7-5-,8-6-. The summed E-state index contributed by atoms with van der Waals surface area (Å²) in [6.45, 7) is 8.82. The maximum atomic E-state index is 2.33. The highest BCUT2D eigenvalue weighted by molar-refractivity contribution is 6.86. The fourth-order valence-electron chi connectivity index (χ4n) is 0.915. The molecule has 1 heteroatoms. The van der Waals surface area contributed by atoms with Gasteiger partial charge in [0.25, 0.3) is 0 Å². The Balaban J connectivity index is 4.01. The Hall–Kier alpha value is -0.303. The molecule has 0 amide bonds. The molecule has 0 aliphatic carbocycles. The van der Waals surface area contributed by atoms with Gasteiger partial charge in [0.05, 0.1) is 8.07 Å². The third-order valence-corrected chi connectivity index (χ3v) is 3.58. The molecule has 0 saturated heterocycles. The summed E-state index contributed by atoms with van der Waals surface area (Å²) >= 11 is 0. The SMILES string of the molecule is C/C=C\[Si](C)(C)/C=C\C. The van der Waals surface area contributed by atoms with Gasteiger partial charge < -0.3 is 0 Å². The second-order valence-electron chi connectivity index (χ2n) is 2.82. The molecule has 0 fully saturated rings. The molecule has 0 saturated carbocycles. The van der Waals surface area contributed by atoms with Crippen LogP contribution in [0, 0.1) is 0 Å². The highest BCUT2D eigenvalue weighted by atomic mass is 28.3. The Labute approximate surface area is 59.3 Å². The highest BCUT2D eigenvalue weighted by Gasteiger charge is 2.09. The van der Waals surface area contributed by atoms with Crippen LogP contribution < -0.4 is 0 Å². The minimum absolute atomic E-state index is 1.06. The van der Waals surface area contributed by atoms with Crippen LogP contribution in [0.2, 0.25) is 13.1 Å². The molecule has 0 aromatic rings. The Morgan fingerprint density at radius 2 is 1.22 bits per heavy atom. The van der Waals surface area contributed by atoms with E-state index in [1.165, 1.54) is 0 Å². The molecule has 0 rings (SSSR count). The Morgan fingerprint density at radius 3 is 1.44 bits per heavy atom. The molecule has 0 aliphatic heterocycles. The highest BCUT2D eigenvalue weighted by Crippen LogP contribution is 2.04. The van der Waals surface area contributed by atoms with Gasteiger partial charge in [-0.15, -0.1) is 0 Å². The van der Waals surface area contributed by atoms with Gasteiger partial charge in [-0.2, -0.15) is 0 Å². The molecule has 0 aliphatic rings. The minimum Gasteiger partial charge on any atom is -0.0952 e. The lowest BCUT2D eigenvalue weighted by molar-refractivity contribution is 1.69. The molecular formula is C8H16Si. The topological polar surface area (TPSA) is 0 Å². The third kappa shape index (κ3) is 4.22. The molecular weight excluding hydrogens is 124 g/mol. The van der Waals surface area contributed by atoms with E-state index in [4.69, 9.17) is 0 Å². The van der Waals surface area contributed by atoms with E-state index in [9.17, 15) is 0 Å². The molecule has 9 heavy (non-hydrogen) atoms. The molecule has 0 radical (unpaired) electrons. The molecule has 0 aromatic carbocycles. The molecule has 52 valence electrons. The van der Waals surface area contributed by atoms with Crippen LogP contribution in [-0.2, 0) is 0 Å². The summed E-state index contributed by atoms with van der Waals surface area (Å²) < 4.78 is 0. The van der Waals surface area contributed by atoms with E-state index < -0.39 is 8.07 Å². The van der Waals surface area contributed by atoms with Gasteiger partial charge in [0, 0.05) is 0 Å². The summed E-state index contributed by atoms with van der Waals surface area (Å²) in [5.74, 6) is 0. The van der Waals surface area contributed by atoms with Crippen molar-refractivity contribution in [1.82, 2.24) is 0 Å². The summed E-state index contributed by atoms with van der Waals surface area (Å²) in [5.41, 5.74) is 4.65. The molecule has 0 bridgehead atoms. The van der Waals surface area contributed by atoms with Crippen molar-refractivity contribution in [2.75, 3.05) is 0 Å². The van der Waals surface area contributed by atoms with E-state index in [1.54, 1.807) is 0 Å². The van der Waals surface area contributed by atoms with Crippen LogP contribution in [0.1, 0.15) is 13.8 Å². The number of allylic oxidation sites excluding steroid dienone is 2. The predicted octanol–water partition coefficient (Wildman–Crippen LogP) is 2.93. The first kappa shape index (κ1) is 8.70. The number of hydrogen-bond donors (Lipinski definition) is 0. The summed E-state index contributed by atoms with van der Waals surface area (Å²) in [6, 6.07) is 0. The van der Waals surface area contributed by atoms with Crippen molar-refractivity contribution in [2.24, 2.45) is 0 Å². The zero-order valence-corrected chi connectivity index (χ0v) is 7.81. The third-order valence-electron chi connectivity index (χ3n) is 1.19. The first-order valence-corrected chi connectivity index (χ1v) is 6.55. The van der Waals surface area contributed by atoms with Crippen molar-refractivity contribution in [3.63, 3.8) is 0 Å². The molecule has 0 heterocycles. The Bertz CT molecular complexity index is 107. The van der Waals surface area contributed by atoms with E-state index in [0.717, 1.165) is 0 Å². The van der Waals surface area contributed by atoms with Crippen molar-refractivity contribution in [1.29, 1.82) is 0 Å². The maximum Gasteiger partial charge on any atom is 0.0947 e. The predicted molar refractivity (Wildman–Crippen MR) is 47.1 cm³/mol. The van der Waals surface area contributed by atoms with Gasteiger partial charge in [0.15, 0.2) is 0 Å². The summed E-state index contributed by atoms with van der Waals surface area (Å²) in [7, 11) is -1.06. The summed E-state index contributed by atoms with van der Waals surface area (Å²) in [6.07, 6.45) is 4.29. The van der Waals surface area contributed by atoms with E-state index >= 15 is 0 Å². The first-order valence-electron chi connectivity index (χ1n) is 3.40. The zero-order valence-electron chi connectivity index (χ0n) is 6.81. The lowest BCUT2D eigenvalue weighted by Crippen LogP contribution is -2.18. The van der Waals surface area contributed by atoms with Crippen molar-refractivity contribution >= 4 is 8.07 Å². The van der Waals surface area contributed by atoms with Gasteiger partial charge in [-0.3, -0.25) is 0 Å². The average Bonchev–Trinajstić information content (AvgIpc) is 1.64. The zero-order chi connectivity index (χ0) is 7.33.